The molecule has 110 valence electrons. The zero-order valence-electron chi connectivity index (χ0n) is 12.3. The van der Waals surface area contributed by atoms with Gasteiger partial charge >= 0.3 is 8.25 Å². The predicted molar refractivity (Wildman–Crippen MR) is 84.5 cm³/mol. The van der Waals surface area contributed by atoms with E-state index in [2.05, 4.69) is 25.0 Å². The van der Waals surface area contributed by atoms with Crippen LogP contribution in [0.5, 0.6) is 0 Å². The average Bonchev–Trinajstić information content (AvgIpc) is 2.28. The van der Waals surface area contributed by atoms with Crippen LogP contribution in [-0.2, 0) is 13.6 Å². The van der Waals surface area contributed by atoms with Crippen molar-refractivity contribution in [2.75, 3.05) is 0 Å². The maximum absolute atomic E-state index is 12.1. The highest BCUT2D eigenvalue weighted by atomic mass is 31.1. The number of hydrogen-bond acceptors (Lipinski definition) is 3. The maximum atomic E-state index is 12.1. The summed E-state index contributed by atoms with van der Waals surface area (Å²) in [7, 11) is -2.73. The highest BCUT2D eigenvalue weighted by Gasteiger charge is 2.30. The maximum Gasteiger partial charge on any atom is 0.320 e. The van der Waals surface area contributed by atoms with E-state index < -0.39 is 19.5 Å². The summed E-state index contributed by atoms with van der Waals surface area (Å²) in [6.45, 7) is 10.9. The van der Waals surface area contributed by atoms with Gasteiger partial charge in [0.15, 0.2) is 0 Å². The molecule has 2 unspecified atom stereocenters. The topological polar surface area (TPSA) is 35.5 Å². The van der Waals surface area contributed by atoms with Gasteiger partial charge in [0.1, 0.15) is 0 Å². The van der Waals surface area contributed by atoms with E-state index >= 15 is 0 Å². The van der Waals surface area contributed by atoms with E-state index in [-0.39, 0.29) is 0 Å². The lowest BCUT2D eigenvalue weighted by Gasteiger charge is -2.30. The van der Waals surface area contributed by atoms with Crippen LogP contribution in [0.2, 0.25) is 0 Å². The molecule has 3 nitrogen and oxygen atoms in total. The van der Waals surface area contributed by atoms with Crippen molar-refractivity contribution in [3.05, 3.63) is 25.3 Å². The minimum Gasteiger partial charge on any atom is -0.303 e. The van der Waals surface area contributed by atoms with Crippen molar-refractivity contribution in [3.63, 3.8) is 0 Å². The normalized spacial score (nSPS) is 17.8. The van der Waals surface area contributed by atoms with Gasteiger partial charge in [0.2, 0.25) is 0 Å². The summed E-state index contributed by atoms with van der Waals surface area (Å²) in [5, 5.41) is 0. The second kappa shape index (κ2) is 8.83. The molecule has 0 radical (unpaired) electrons. The van der Waals surface area contributed by atoms with Crippen LogP contribution in [0.3, 0.4) is 0 Å². The molecule has 0 aromatic carbocycles. The van der Waals surface area contributed by atoms with Crippen LogP contribution < -0.4 is 0 Å². The van der Waals surface area contributed by atoms with Gasteiger partial charge < -0.3 is 9.05 Å². The molecule has 2 atom stereocenters. The molecule has 0 N–H and O–H groups in total. The molecule has 0 bridgehead atoms. The van der Waals surface area contributed by atoms with Gasteiger partial charge in [-0.05, 0) is 26.7 Å². The smallest absolute Gasteiger partial charge is 0.303 e. The molecular weight excluding hydrogens is 271 g/mol. The van der Waals surface area contributed by atoms with E-state index in [0.717, 1.165) is 0 Å². The Kier molecular flexibility index (Phi) is 8.28. The third-order valence-corrected chi connectivity index (χ3v) is 4.08. The molecule has 0 heterocycles. The zero-order chi connectivity index (χ0) is 15.6. The van der Waals surface area contributed by atoms with Gasteiger partial charge in [-0.2, -0.15) is 0 Å². The van der Waals surface area contributed by atoms with Crippen molar-refractivity contribution < 1.29 is 13.6 Å². The largest absolute Gasteiger partial charge is 0.320 e. The van der Waals surface area contributed by atoms with Gasteiger partial charge in [0.25, 0.3) is 0 Å². The predicted octanol–water partition coefficient (Wildman–Crippen LogP) is 4.13. The fraction of sp³-hybridized carbons (Fsp3) is 0.500. The Morgan fingerprint density at radius 3 is 1.65 bits per heavy atom. The number of rotatable bonds is 10. The third-order valence-electron chi connectivity index (χ3n) is 2.76. The van der Waals surface area contributed by atoms with Crippen molar-refractivity contribution in [1.82, 2.24) is 0 Å². The molecule has 0 saturated heterocycles. The first-order valence-electron chi connectivity index (χ1n) is 6.35. The summed E-state index contributed by atoms with van der Waals surface area (Å²) >= 11 is 0. The van der Waals surface area contributed by atoms with Crippen molar-refractivity contribution in [2.45, 2.75) is 50.7 Å². The molecule has 0 amide bonds. The summed E-state index contributed by atoms with van der Waals surface area (Å²) in [5.74, 6) is 5.02. The van der Waals surface area contributed by atoms with E-state index in [0.29, 0.717) is 25.7 Å². The molecule has 0 aliphatic heterocycles. The molecule has 0 spiro atoms. The Morgan fingerprint density at radius 1 is 1.05 bits per heavy atom. The van der Waals surface area contributed by atoms with Gasteiger partial charge in [-0.1, -0.05) is 12.2 Å². The minimum absolute atomic E-state index is 0.325. The Labute approximate surface area is 123 Å². The van der Waals surface area contributed by atoms with Gasteiger partial charge in [0.05, 0.1) is 11.2 Å². The van der Waals surface area contributed by atoms with Crippen LogP contribution in [0.4, 0.5) is 0 Å². The minimum atomic E-state index is -2.73. The highest BCUT2D eigenvalue weighted by molar-refractivity contribution is 7.33. The molecule has 0 fully saturated rings. The number of terminal acetylenes is 2. The van der Waals surface area contributed by atoms with Crippen LogP contribution in [0.15, 0.2) is 25.3 Å². The molecule has 0 rings (SSSR count). The Bertz CT molecular complexity index is 404. The second-order valence-electron chi connectivity index (χ2n) is 5.10. The quantitative estimate of drug-likeness (QED) is 0.345. The summed E-state index contributed by atoms with van der Waals surface area (Å²) < 4.78 is 23.1. The first-order chi connectivity index (χ1) is 9.34. The Hall–Kier alpha value is -1.25. The molecule has 0 aliphatic carbocycles. The number of hydrogen-bond donors (Lipinski definition) is 0. The lowest BCUT2D eigenvalue weighted by molar-refractivity contribution is 0.0351. The molecule has 0 aromatic heterocycles. The molecule has 0 aromatic rings. The van der Waals surface area contributed by atoms with Crippen LogP contribution >= 0.6 is 8.25 Å². The standard InChI is InChI=1S/C16H23O3P/c1-7-11-15(5,12-8-2)18-20(17)19-16(6,13-9-3)14-10-4/h1,3,8,10,20H,2,4,11-14H2,5-6H3. The van der Waals surface area contributed by atoms with Crippen molar-refractivity contribution >= 4 is 8.25 Å². The van der Waals surface area contributed by atoms with Crippen molar-refractivity contribution in [1.29, 1.82) is 0 Å². The fourth-order valence-corrected chi connectivity index (χ4v) is 2.92. The zero-order valence-corrected chi connectivity index (χ0v) is 13.3. The first-order valence-corrected chi connectivity index (χ1v) is 7.58. The van der Waals surface area contributed by atoms with E-state index in [1.165, 1.54) is 0 Å². The van der Waals surface area contributed by atoms with Crippen LogP contribution in [0.25, 0.3) is 0 Å². The van der Waals surface area contributed by atoms with E-state index in [4.69, 9.17) is 21.9 Å². The van der Waals surface area contributed by atoms with E-state index in [1.807, 2.05) is 0 Å². The summed E-state index contributed by atoms with van der Waals surface area (Å²) in [6, 6.07) is 0. The fourth-order valence-electron chi connectivity index (χ4n) is 1.77. The van der Waals surface area contributed by atoms with Gasteiger partial charge in [-0.15, -0.1) is 37.8 Å². The summed E-state index contributed by atoms with van der Waals surface area (Å²) in [5.41, 5.74) is -1.48. The van der Waals surface area contributed by atoms with Crippen LogP contribution in [0, 0.1) is 24.7 Å². The SMILES string of the molecule is C#CCC(C)(CC=C)O[PH](=O)OC(C)(CC#C)CC=C. The molecule has 0 aliphatic rings. The van der Waals surface area contributed by atoms with Gasteiger partial charge in [0, 0.05) is 12.8 Å². The molecule has 20 heavy (non-hydrogen) atoms. The van der Waals surface area contributed by atoms with Gasteiger partial charge in [-0.25, -0.2) is 0 Å². The molecular formula is C16H23O3P. The van der Waals surface area contributed by atoms with Crippen LogP contribution in [-0.4, -0.2) is 11.2 Å². The molecule has 4 heteroatoms. The average molecular weight is 294 g/mol. The third kappa shape index (κ3) is 6.78. The monoisotopic (exact) mass is 294 g/mol. The van der Waals surface area contributed by atoms with E-state index in [1.54, 1.807) is 26.0 Å². The summed E-state index contributed by atoms with van der Waals surface area (Å²) in [6.07, 6.45) is 15.6. The molecule has 0 saturated carbocycles. The van der Waals surface area contributed by atoms with Crippen molar-refractivity contribution in [2.24, 2.45) is 0 Å². The first kappa shape index (κ1) is 18.8. The lowest BCUT2D eigenvalue weighted by atomic mass is 9.99. The van der Waals surface area contributed by atoms with Gasteiger partial charge in [-0.3, -0.25) is 4.57 Å². The van der Waals surface area contributed by atoms with Crippen LogP contribution in [0.1, 0.15) is 39.5 Å². The van der Waals surface area contributed by atoms with E-state index in [9.17, 15) is 4.57 Å². The lowest BCUT2D eigenvalue weighted by Crippen LogP contribution is -2.28. The highest BCUT2D eigenvalue weighted by Crippen LogP contribution is 2.41. The Morgan fingerprint density at radius 2 is 1.40 bits per heavy atom. The van der Waals surface area contributed by atoms with Crippen molar-refractivity contribution in [3.8, 4) is 24.7 Å². The second-order valence-corrected chi connectivity index (χ2v) is 6.01. The summed E-state index contributed by atoms with van der Waals surface area (Å²) in [4.78, 5) is 0. The Balaban J connectivity index is 4.82.